The quantitative estimate of drug-likeness (QED) is 0.265. The average molecular weight is 309 g/mol. The minimum absolute atomic E-state index is 0.134. The van der Waals surface area contributed by atoms with Crippen molar-refractivity contribution in [3.8, 4) is 5.75 Å². The van der Waals surface area contributed by atoms with Crippen molar-refractivity contribution in [2.45, 2.75) is 6.61 Å². The fourth-order valence-electron chi connectivity index (χ4n) is 1.90. The highest BCUT2D eigenvalue weighted by molar-refractivity contribution is 5.93. The molecule has 2 aromatic carbocycles. The van der Waals surface area contributed by atoms with Crippen molar-refractivity contribution in [1.29, 1.82) is 0 Å². The number of methoxy groups -OCH3 is 1. The third kappa shape index (κ3) is 4.62. The number of esters is 1. The topological polar surface area (TPSA) is 84.3 Å². The van der Waals surface area contributed by atoms with Gasteiger partial charge in [-0.05, 0) is 23.2 Å². The molecule has 23 heavy (non-hydrogen) atoms. The number of rotatable bonds is 6. The van der Waals surface area contributed by atoms with Crippen LogP contribution in [-0.4, -0.2) is 13.1 Å². The summed E-state index contributed by atoms with van der Waals surface area (Å²) in [5.41, 5.74) is 10.1. The van der Waals surface area contributed by atoms with E-state index in [1.54, 1.807) is 18.2 Å². The highest BCUT2D eigenvalue weighted by Gasteiger charge is 2.09. The SMILES string of the molecule is COC(=O)/C(=C/c1ccccc1OCc1ccccc1)N=[N+]=[N-]. The fourth-order valence-corrected chi connectivity index (χ4v) is 1.90. The number of carbonyl (C=O) groups excluding carboxylic acids is 1. The van der Waals surface area contributed by atoms with E-state index in [4.69, 9.17) is 10.3 Å². The molecule has 2 aromatic rings. The molecule has 0 unspecified atom stereocenters. The fraction of sp³-hybridized carbons (Fsp3) is 0.118. The zero-order valence-electron chi connectivity index (χ0n) is 12.5. The predicted octanol–water partition coefficient (Wildman–Crippen LogP) is 4.09. The summed E-state index contributed by atoms with van der Waals surface area (Å²) in [4.78, 5) is 14.2. The summed E-state index contributed by atoms with van der Waals surface area (Å²) in [6.07, 6.45) is 1.44. The van der Waals surface area contributed by atoms with Gasteiger partial charge in [0.2, 0.25) is 0 Å². The van der Waals surface area contributed by atoms with E-state index in [9.17, 15) is 4.79 Å². The highest BCUT2D eigenvalue weighted by atomic mass is 16.5. The molecule has 2 rings (SSSR count). The third-order valence-corrected chi connectivity index (χ3v) is 3.00. The second kappa shape index (κ2) is 8.26. The number of azide groups is 1. The van der Waals surface area contributed by atoms with E-state index >= 15 is 0 Å². The maximum atomic E-state index is 11.6. The van der Waals surface area contributed by atoms with Crippen LogP contribution >= 0.6 is 0 Å². The average Bonchev–Trinajstić information content (AvgIpc) is 2.60. The largest absolute Gasteiger partial charge is 0.488 e. The highest BCUT2D eigenvalue weighted by Crippen LogP contribution is 2.23. The Kier molecular flexibility index (Phi) is 5.80. The molecule has 0 aliphatic rings. The summed E-state index contributed by atoms with van der Waals surface area (Å²) in [5.74, 6) is -0.133. The number of para-hydroxylation sites is 1. The Hall–Kier alpha value is -3.24. The maximum Gasteiger partial charge on any atom is 0.340 e. The molecule has 0 atom stereocenters. The van der Waals surface area contributed by atoms with E-state index in [1.165, 1.54) is 13.2 Å². The van der Waals surface area contributed by atoms with Crippen LogP contribution in [0.2, 0.25) is 0 Å². The van der Waals surface area contributed by atoms with Gasteiger partial charge in [0.25, 0.3) is 0 Å². The van der Waals surface area contributed by atoms with Crippen LogP contribution in [0.25, 0.3) is 16.5 Å². The molecule has 0 aliphatic heterocycles. The lowest BCUT2D eigenvalue weighted by molar-refractivity contribution is -0.136. The Balaban J connectivity index is 2.26. The van der Waals surface area contributed by atoms with Gasteiger partial charge in [-0.25, -0.2) is 4.79 Å². The lowest BCUT2D eigenvalue weighted by Crippen LogP contribution is -2.02. The molecular formula is C17H15N3O3. The minimum atomic E-state index is -0.708. The third-order valence-electron chi connectivity index (χ3n) is 3.00. The summed E-state index contributed by atoms with van der Waals surface area (Å²) in [6, 6.07) is 16.9. The molecule has 0 heterocycles. The zero-order valence-corrected chi connectivity index (χ0v) is 12.5. The summed E-state index contributed by atoms with van der Waals surface area (Å²) >= 11 is 0. The van der Waals surface area contributed by atoms with Gasteiger partial charge in [0.05, 0.1) is 7.11 Å². The summed E-state index contributed by atoms with van der Waals surface area (Å²) in [5, 5.41) is 3.36. The normalized spacial score (nSPS) is 10.6. The molecule has 0 spiro atoms. The molecule has 0 saturated carbocycles. The summed E-state index contributed by atoms with van der Waals surface area (Å²) in [6.45, 7) is 0.390. The van der Waals surface area contributed by atoms with Gasteiger partial charge in [-0.15, -0.1) is 0 Å². The van der Waals surface area contributed by atoms with Gasteiger partial charge in [-0.3, -0.25) is 0 Å². The van der Waals surface area contributed by atoms with E-state index in [-0.39, 0.29) is 5.70 Å². The number of hydrogen-bond acceptors (Lipinski definition) is 4. The summed E-state index contributed by atoms with van der Waals surface area (Å²) in [7, 11) is 1.22. The van der Waals surface area contributed by atoms with Crippen LogP contribution in [0.15, 0.2) is 65.4 Å². The van der Waals surface area contributed by atoms with Gasteiger partial charge in [0.15, 0.2) is 0 Å². The number of carbonyl (C=O) groups is 1. The number of hydrogen-bond donors (Lipinski definition) is 0. The van der Waals surface area contributed by atoms with E-state index in [0.717, 1.165) is 5.56 Å². The second-order valence-electron chi connectivity index (χ2n) is 4.52. The van der Waals surface area contributed by atoms with Crippen molar-refractivity contribution in [1.82, 2.24) is 0 Å². The van der Waals surface area contributed by atoms with Crippen molar-refractivity contribution in [2.75, 3.05) is 7.11 Å². The van der Waals surface area contributed by atoms with E-state index < -0.39 is 5.97 Å². The van der Waals surface area contributed by atoms with Crippen molar-refractivity contribution >= 4 is 12.0 Å². The van der Waals surface area contributed by atoms with Crippen LogP contribution in [0.5, 0.6) is 5.75 Å². The lowest BCUT2D eigenvalue weighted by atomic mass is 10.1. The van der Waals surface area contributed by atoms with Crippen molar-refractivity contribution in [2.24, 2.45) is 5.11 Å². The van der Waals surface area contributed by atoms with Crippen LogP contribution in [0, 0.1) is 0 Å². The molecule has 0 aromatic heterocycles. The van der Waals surface area contributed by atoms with E-state index in [1.807, 2.05) is 36.4 Å². The Morgan fingerprint density at radius 2 is 1.87 bits per heavy atom. The number of nitrogens with zero attached hydrogens (tertiary/aromatic N) is 3. The number of ether oxygens (including phenoxy) is 2. The molecule has 0 N–H and O–H groups in total. The van der Waals surface area contributed by atoms with Crippen LogP contribution in [0.1, 0.15) is 11.1 Å². The molecule has 0 radical (unpaired) electrons. The number of benzene rings is 2. The van der Waals surface area contributed by atoms with Crippen LogP contribution in [0.4, 0.5) is 0 Å². The first kappa shape index (κ1) is 16.1. The monoisotopic (exact) mass is 309 g/mol. The molecule has 0 aliphatic carbocycles. The van der Waals surface area contributed by atoms with Crippen molar-refractivity contribution in [3.05, 3.63) is 81.9 Å². The van der Waals surface area contributed by atoms with Crippen molar-refractivity contribution < 1.29 is 14.3 Å². The molecule has 6 heteroatoms. The Morgan fingerprint density at radius 1 is 1.17 bits per heavy atom. The van der Waals surface area contributed by atoms with Crippen LogP contribution in [-0.2, 0) is 16.1 Å². The lowest BCUT2D eigenvalue weighted by Gasteiger charge is -2.09. The smallest absolute Gasteiger partial charge is 0.340 e. The zero-order chi connectivity index (χ0) is 16.5. The van der Waals surface area contributed by atoms with Crippen LogP contribution < -0.4 is 4.74 Å². The molecule has 0 saturated heterocycles. The Labute approximate surface area is 133 Å². The molecular weight excluding hydrogens is 294 g/mol. The maximum absolute atomic E-state index is 11.6. The second-order valence-corrected chi connectivity index (χ2v) is 4.52. The Bertz CT molecular complexity index is 751. The first-order valence-electron chi connectivity index (χ1n) is 6.85. The first-order chi connectivity index (χ1) is 11.2. The summed E-state index contributed by atoms with van der Waals surface area (Å²) < 4.78 is 10.4. The molecule has 116 valence electrons. The van der Waals surface area contributed by atoms with Gasteiger partial charge >= 0.3 is 5.97 Å². The van der Waals surface area contributed by atoms with Crippen molar-refractivity contribution in [3.63, 3.8) is 0 Å². The van der Waals surface area contributed by atoms with Gasteiger partial charge < -0.3 is 9.47 Å². The first-order valence-corrected chi connectivity index (χ1v) is 6.85. The Morgan fingerprint density at radius 3 is 2.57 bits per heavy atom. The van der Waals surface area contributed by atoms with E-state index in [2.05, 4.69) is 14.8 Å². The molecule has 0 fully saturated rings. The predicted molar refractivity (Wildman–Crippen MR) is 86.4 cm³/mol. The molecule has 0 amide bonds. The van der Waals surface area contributed by atoms with E-state index in [0.29, 0.717) is 17.9 Å². The van der Waals surface area contributed by atoms with Crippen LogP contribution in [0.3, 0.4) is 0 Å². The standard InChI is InChI=1S/C17H15N3O3/c1-22-17(21)15(19-20-18)11-14-9-5-6-10-16(14)23-12-13-7-3-2-4-8-13/h2-11H,12H2,1H3/b15-11-. The van der Waals surface area contributed by atoms with Gasteiger partial charge in [-0.2, -0.15) is 0 Å². The van der Waals surface area contributed by atoms with Gasteiger partial charge in [0.1, 0.15) is 18.1 Å². The molecule has 6 nitrogen and oxygen atoms in total. The van der Waals surface area contributed by atoms with Gasteiger partial charge in [-0.1, -0.05) is 53.6 Å². The molecule has 0 bridgehead atoms. The van der Waals surface area contributed by atoms with Gasteiger partial charge in [0, 0.05) is 10.5 Å². The minimum Gasteiger partial charge on any atom is -0.488 e.